The summed E-state index contributed by atoms with van der Waals surface area (Å²) < 4.78 is 0. The molecule has 0 bridgehead atoms. The van der Waals surface area contributed by atoms with Gasteiger partial charge in [0.05, 0.1) is 13.1 Å². The molecule has 0 saturated carbocycles. The first kappa shape index (κ1) is 10.2. The molecule has 0 radical (unpaired) electrons. The van der Waals surface area contributed by atoms with E-state index in [9.17, 15) is 9.90 Å². The second-order valence-corrected chi connectivity index (χ2v) is 3.92. The molecule has 1 fully saturated rings. The van der Waals surface area contributed by atoms with E-state index in [1.54, 1.807) is 12.1 Å². The van der Waals surface area contributed by atoms with E-state index < -0.39 is 11.7 Å². The highest BCUT2D eigenvalue weighted by Gasteiger charge is 2.45. The molecule has 0 aliphatic carbocycles. The van der Waals surface area contributed by atoms with Crippen LogP contribution in [0.2, 0.25) is 5.15 Å². The van der Waals surface area contributed by atoms with Gasteiger partial charge in [0.25, 0.3) is 0 Å². The van der Waals surface area contributed by atoms with E-state index in [0.29, 0.717) is 5.56 Å². The zero-order chi connectivity index (χ0) is 11.1. The Hall–Kier alpha value is -1.33. The average Bonchev–Trinajstić information content (AvgIpc) is 2.12. The van der Waals surface area contributed by atoms with Crippen LogP contribution in [0.5, 0.6) is 0 Å². The molecule has 2 N–H and O–H groups in total. The van der Waals surface area contributed by atoms with Crippen LogP contribution in [-0.2, 0) is 5.60 Å². The fourth-order valence-corrected chi connectivity index (χ4v) is 1.77. The number of rotatable bonds is 1. The molecule has 2 heterocycles. The third-order valence-corrected chi connectivity index (χ3v) is 2.65. The average molecular weight is 229 g/mol. The van der Waals surface area contributed by atoms with Crippen LogP contribution in [0.25, 0.3) is 0 Å². The predicted molar refractivity (Wildman–Crippen MR) is 52.7 cm³/mol. The maximum Gasteiger partial charge on any atom is 0.407 e. The predicted octanol–water partition coefficient (Wildman–Crippen LogP) is 0.916. The van der Waals surface area contributed by atoms with Crippen LogP contribution >= 0.6 is 11.6 Å². The molecule has 1 aliphatic heterocycles. The topological polar surface area (TPSA) is 73.7 Å². The molecule has 0 unspecified atom stereocenters. The number of halogens is 1. The minimum atomic E-state index is -1.12. The summed E-state index contributed by atoms with van der Waals surface area (Å²) in [5, 5.41) is 19.0. The highest BCUT2D eigenvalue weighted by molar-refractivity contribution is 6.29. The van der Waals surface area contributed by atoms with E-state index >= 15 is 0 Å². The molecule has 2 rings (SSSR count). The second-order valence-electron chi connectivity index (χ2n) is 3.54. The largest absolute Gasteiger partial charge is 0.465 e. The SMILES string of the molecule is O=C(O)N1CC(O)(c2ccnc(Cl)c2)C1. The summed E-state index contributed by atoms with van der Waals surface area (Å²) in [7, 11) is 0. The molecule has 5 nitrogen and oxygen atoms in total. The minimum absolute atomic E-state index is 0.0721. The summed E-state index contributed by atoms with van der Waals surface area (Å²) in [6, 6.07) is 3.17. The lowest BCUT2D eigenvalue weighted by Crippen LogP contribution is -2.60. The van der Waals surface area contributed by atoms with Crippen molar-refractivity contribution in [2.24, 2.45) is 0 Å². The summed E-state index contributed by atoms with van der Waals surface area (Å²) >= 11 is 5.68. The molecule has 6 heteroatoms. The smallest absolute Gasteiger partial charge is 0.407 e. The van der Waals surface area contributed by atoms with Crippen molar-refractivity contribution in [2.45, 2.75) is 5.60 Å². The van der Waals surface area contributed by atoms with Crippen LogP contribution in [0.4, 0.5) is 4.79 Å². The zero-order valence-electron chi connectivity index (χ0n) is 7.72. The van der Waals surface area contributed by atoms with Gasteiger partial charge in [0.15, 0.2) is 0 Å². The number of carboxylic acid groups (broad SMARTS) is 1. The lowest BCUT2D eigenvalue weighted by atomic mass is 9.87. The van der Waals surface area contributed by atoms with Crippen molar-refractivity contribution in [1.29, 1.82) is 0 Å². The van der Waals surface area contributed by atoms with Crippen LogP contribution in [0, 0.1) is 0 Å². The van der Waals surface area contributed by atoms with Gasteiger partial charge in [0, 0.05) is 6.20 Å². The Kier molecular flexibility index (Phi) is 2.28. The van der Waals surface area contributed by atoms with Crippen molar-refractivity contribution < 1.29 is 15.0 Å². The normalized spacial score (nSPS) is 18.4. The number of β-amino-alcohol motifs (C(OH)–C–C–N with tert-alkyl or cyclic N) is 1. The van der Waals surface area contributed by atoms with Gasteiger partial charge in [-0.15, -0.1) is 0 Å². The van der Waals surface area contributed by atoms with Crippen molar-refractivity contribution in [3.05, 3.63) is 29.0 Å². The summed E-state index contributed by atoms with van der Waals surface area (Å²) in [4.78, 5) is 15.5. The van der Waals surface area contributed by atoms with Crippen molar-refractivity contribution >= 4 is 17.7 Å². The monoisotopic (exact) mass is 228 g/mol. The van der Waals surface area contributed by atoms with Gasteiger partial charge >= 0.3 is 6.09 Å². The van der Waals surface area contributed by atoms with Gasteiger partial charge in [-0.1, -0.05) is 11.6 Å². The maximum absolute atomic E-state index is 10.5. The van der Waals surface area contributed by atoms with E-state index in [4.69, 9.17) is 16.7 Å². The van der Waals surface area contributed by atoms with Crippen LogP contribution in [-0.4, -0.2) is 39.3 Å². The van der Waals surface area contributed by atoms with Gasteiger partial charge in [-0.3, -0.25) is 0 Å². The Morgan fingerprint density at radius 2 is 2.27 bits per heavy atom. The van der Waals surface area contributed by atoms with Gasteiger partial charge in [0.2, 0.25) is 0 Å². The van der Waals surface area contributed by atoms with Gasteiger partial charge in [-0.25, -0.2) is 9.78 Å². The first-order chi connectivity index (χ1) is 7.01. The van der Waals surface area contributed by atoms with E-state index in [1.165, 1.54) is 6.20 Å². The van der Waals surface area contributed by atoms with E-state index in [2.05, 4.69) is 4.98 Å². The summed E-state index contributed by atoms with van der Waals surface area (Å²) in [6.45, 7) is 0.144. The summed E-state index contributed by atoms with van der Waals surface area (Å²) in [5.41, 5.74) is -0.523. The van der Waals surface area contributed by atoms with Gasteiger partial charge in [-0.05, 0) is 17.7 Å². The summed E-state index contributed by atoms with van der Waals surface area (Å²) in [5.74, 6) is 0. The third kappa shape index (κ3) is 1.75. The zero-order valence-corrected chi connectivity index (χ0v) is 8.48. The molecule has 1 aliphatic rings. The molecule has 15 heavy (non-hydrogen) atoms. The van der Waals surface area contributed by atoms with E-state index in [0.717, 1.165) is 4.90 Å². The molecular weight excluding hydrogens is 220 g/mol. The number of likely N-dealkylation sites (tertiary alicyclic amines) is 1. The number of aromatic nitrogens is 1. The highest BCUT2D eigenvalue weighted by Crippen LogP contribution is 2.32. The van der Waals surface area contributed by atoms with E-state index in [-0.39, 0.29) is 18.2 Å². The number of carbonyl (C=O) groups is 1. The fraction of sp³-hybridized carbons (Fsp3) is 0.333. The van der Waals surface area contributed by atoms with Crippen LogP contribution in [0.15, 0.2) is 18.3 Å². The Morgan fingerprint density at radius 3 is 2.80 bits per heavy atom. The molecule has 1 aromatic rings. The number of aliphatic hydroxyl groups is 1. The Balaban J connectivity index is 2.16. The third-order valence-electron chi connectivity index (χ3n) is 2.44. The first-order valence-electron chi connectivity index (χ1n) is 4.33. The Labute approximate surface area is 90.9 Å². The molecule has 80 valence electrons. The quantitative estimate of drug-likeness (QED) is 0.701. The molecule has 0 atom stereocenters. The van der Waals surface area contributed by atoms with Gasteiger partial charge in [-0.2, -0.15) is 0 Å². The van der Waals surface area contributed by atoms with Crippen LogP contribution < -0.4 is 0 Å². The minimum Gasteiger partial charge on any atom is -0.465 e. The number of nitrogens with zero attached hydrogens (tertiary/aromatic N) is 2. The Morgan fingerprint density at radius 1 is 1.60 bits per heavy atom. The number of pyridine rings is 1. The molecule has 1 aromatic heterocycles. The van der Waals surface area contributed by atoms with Gasteiger partial charge < -0.3 is 15.1 Å². The van der Waals surface area contributed by atoms with Crippen LogP contribution in [0.1, 0.15) is 5.56 Å². The number of hydrogen-bond donors (Lipinski definition) is 2. The van der Waals surface area contributed by atoms with E-state index in [1.807, 2.05) is 0 Å². The summed E-state index contributed by atoms with van der Waals surface area (Å²) in [6.07, 6.45) is 0.457. The molecular formula is C9H9ClN2O3. The van der Waals surface area contributed by atoms with Crippen molar-refractivity contribution in [3.63, 3.8) is 0 Å². The molecule has 0 spiro atoms. The van der Waals surface area contributed by atoms with Gasteiger partial charge in [0.1, 0.15) is 10.8 Å². The Bertz CT molecular complexity index is 404. The van der Waals surface area contributed by atoms with Crippen molar-refractivity contribution in [3.8, 4) is 0 Å². The standard InChI is InChI=1S/C9H9ClN2O3/c10-7-3-6(1-2-11-7)9(15)4-12(5-9)8(13)14/h1-3,15H,4-5H2,(H,13,14). The lowest BCUT2D eigenvalue weighted by molar-refractivity contribution is -0.0898. The maximum atomic E-state index is 10.5. The molecule has 1 saturated heterocycles. The van der Waals surface area contributed by atoms with Crippen molar-refractivity contribution in [1.82, 2.24) is 9.88 Å². The first-order valence-corrected chi connectivity index (χ1v) is 4.71. The fourth-order valence-electron chi connectivity index (χ4n) is 1.59. The van der Waals surface area contributed by atoms with Crippen LogP contribution in [0.3, 0.4) is 0 Å². The molecule has 0 aromatic carbocycles. The second kappa shape index (κ2) is 3.36. The number of amides is 1. The highest BCUT2D eigenvalue weighted by atomic mass is 35.5. The van der Waals surface area contributed by atoms with Crippen molar-refractivity contribution in [2.75, 3.05) is 13.1 Å². The number of hydrogen-bond acceptors (Lipinski definition) is 3. The lowest BCUT2D eigenvalue weighted by Gasteiger charge is -2.45. The molecule has 1 amide bonds.